The second kappa shape index (κ2) is 4.55. The van der Waals surface area contributed by atoms with E-state index in [2.05, 4.69) is 0 Å². The van der Waals surface area contributed by atoms with Gasteiger partial charge in [-0.1, -0.05) is 6.08 Å². The van der Waals surface area contributed by atoms with Crippen LogP contribution in [-0.4, -0.2) is 22.2 Å². The highest BCUT2D eigenvalue weighted by Gasteiger charge is 1.92. The lowest BCUT2D eigenvalue weighted by Gasteiger charge is -1.84. The Hall–Kier alpha value is -1.32. The number of hydrogen-bond donors (Lipinski definition) is 2. The van der Waals surface area contributed by atoms with E-state index in [0.717, 1.165) is 6.08 Å². The average molecular weight is 144 g/mol. The van der Waals surface area contributed by atoms with Crippen molar-refractivity contribution in [2.45, 2.75) is 12.8 Å². The predicted octanol–water partition coefficient (Wildman–Crippen LogP) is 0.492. The summed E-state index contributed by atoms with van der Waals surface area (Å²) in [5.41, 5.74) is 0. The number of rotatable bonds is 4. The molecule has 0 aromatic carbocycles. The molecule has 0 saturated heterocycles. The molecule has 0 radical (unpaired) electrons. The molecule has 0 amide bonds. The highest BCUT2D eigenvalue weighted by Crippen LogP contribution is 1.89. The molecular formula is C6H8O4. The lowest BCUT2D eigenvalue weighted by molar-refractivity contribution is -0.137. The second-order valence-corrected chi connectivity index (χ2v) is 1.67. The van der Waals surface area contributed by atoms with Crippen molar-refractivity contribution in [2.75, 3.05) is 0 Å². The van der Waals surface area contributed by atoms with E-state index in [4.69, 9.17) is 10.2 Å². The number of allylic oxidation sites excluding steroid dienone is 1. The molecule has 0 fully saturated rings. The van der Waals surface area contributed by atoms with Crippen LogP contribution in [0.1, 0.15) is 12.8 Å². The van der Waals surface area contributed by atoms with Crippen molar-refractivity contribution in [3.8, 4) is 0 Å². The summed E-state index contributed by atoms with van der Waals surface area (Å²) >= 11 is 0. The maximum absolute atomic E-state index is 9.86. The third-order valence-corrected chi connectivity index (χ3v) is 0.785. The zero-order valence-electron chi connectivity index (χ0n) is 5.28. The van der Waals surface area contributed by atoms with Gasteiger partial charge in [0, 0.05) is 12.5 Å². The molecule has 0 aliphatic carbocycles. The van der Waals surface area contributed by atoms with Gasteiger partial charge in [-0.25, -0.2) is 4.79 Å². The molecule has 0 unspecified atom stereocenters. The summed E-state index contributed by atoms with van der Waals surface area (Å²) in [6, 6.07) is 0. The molecule has 0 aliphatic heterocycles. The zero-order valence-corrected chi connectivity index (χ0v) is 5.28. The maximum Gasteiger partial charge on any atom is 0.327 e. The van der Waals surface area contributed by atoms with Crippen LogP contribution in [0.3, 0.4) is 0 Å². The first-order chi connectivity index (χ1) is 4.63. The van der Waals surface area contributed by atoms with Gasteiger partial charge in [-0.15, -0.1) is 0 Å². The molecule has 0 aromatic rings. The molecule has 0 atom stereocenters. The Morgan fingerprint density at radius 3 is 2.30 bits per heavy atom. The Labute approximate surface area is 57.8 Å². The smallest absolute Gasteiger partial charge is 0.327 e. The molecule has 0 aromatic heterocycles. The lowest BCUT2D eigenvalue weighted by atomic mass is 10.3. The van der Waals surface area contributed by atoms with E-state index in [1.807, 2.05) is 0 Å². The summed E-state index contributed by atoms with van der Waals surface area (Å²) in [4.78, 5) is 19.7. The molecule has 0 spiro atoms. The Balaban J connectivity index is 3.36. The van der Waals surface area contributed by atoms with E-state index in [1.54, 1.807) is 0 Å². The van der Waals surface area contributed by atoms with Crippen LogP contribution in [0.2, 0.25) is 0 Å². The van der Waals surface area contributed by atoms with Crippen LogP contribution in [-0.2, 0) is 9.59 Å². The van der Waals surface area contributed by atoms with Crippen molar-refractivity contribution >= 4 is 11.9 Å². The molecule has 0 saturated carbocycles. The average Bonchev–Trinajstić information content (AvgIpc) is 1.79. The Morgan fingerprint density at radius 1 is 1.30 bits per heavy atom. The third-order valence-electron chi connectivity index (χ3n) is 0.785. The van der Waals surface area contributed by atoms with Crippen molar-refractivity contribution in [1.29, 1.82) is 0 Å². The summed E-state index contributed by atoms with van der Waals surface area (Å²) in [5, 5.41) is 16.1. The normalized spacial score (nSPS) is 10.0. The lowest BCUT2D eigenvalue weighted by Crippen LogP contribution is -1.92. The predicted molar refractivity (Wildman–Crippen MR) is 33.6 cm³/mol. The van der Waals surface area contributed by atoms with Crippen LogP contribution >= 0.6 is 0 Å². The molecule has 0 bridgehead atoms. The topological polar surface area (TPSA) is 74.6 Å². The van der Waals surface area contributed by atoms with Crippen molar-refractivity contribution in [2.24, 2.45) is 0 Å². The summed E-state index contributed by atoms with van der Waals surface area (Å²) in [5.74, 6) is -1.97. The molecule has 4 nitrogen and oxygen atoms in total. The number of hydrogen-bond acceptors (Lipinski definition) is 2. The first kappa shape index (κ1) is 8.68. The number of carboxylic acids is 2. The largest absolute Gasteiger partial charge is 0.481 e. The van der Waals surface area contributed by atoms with E-state index in [1.165, 1.54) is 6.08 Å². The van der Waals surface area contributed by atoms with Gasteiger partial charge >= 0.3 is 11.9 Å². The van der Waals surface area contributed by atoms with E-state index in [0.29, 0.717) is 0 Å². The number of aliphatic carboxylic acids is 2. The second-order valence-electron chi connectivity index (χ2n) is 1.67. The van der Waals surface area contributed by atoms with Gasteiger partial charge < -0.3 is 10.2 Å². The standard InChI is InChI=1S/C6H8O4/c7-5(8)3-1-2-4-6(9)10/h1,3H,2,4H2,(H,7,8)(H,9,10)/b3-1-. The Kier molecular flexibility index (Phi) is 3.95. The molecule has 0 rings (SSSR count). The van der Waals surface area contributed by atoms with Crippen molar-refractivity contribution in [3.63, 3.8) is 0 Å². The Morgan fingerprint density at radius 2 is 1.90 bits per heavy atom. The first-order valence-corrected chi connectivity index (χ1v) is 2.74. The van der Waals surface area contributed by atoms with E-state index >= 15 is 0 Å². The van der Waals surface area contributed by atoms with Crippen molar-refractivity contribution in [3.05, 3.63) is 12.2 Å². The van der Waals surface area contributed by atoms with Crippen molar-refractivity contribution < 1.29 is 19.8 Å². The van der Waals surface area contributed by atoms with Crippen LogP contribution in [0.15, 0.2) is 12.2 Å². The SMILES string of the molecule is O=C(O)/C=C\CCC(=O)O. The summed E-state index contributed by atoms with van der Waals surface area (Å²) < 4.78 is 0. The fraction of sp³-hybridized carbons (Fsp3) is 0.333. The van der Waals surface area contributed by atoms with Gasteiger partial charge in [0.25, 0.3) is 0 Å². The minimum atomic E-state index is -1.05. The molecule has 4 heteroatoms. The van der Waals surface area contributed by atoms with Gasteiger partial charge in [-0.2, -0.15) is 0 Å². The summed E-state index contributed by atoms with van der Waals surface area (Å²) in [6.07, 6.45) is 2.49. The molecule has 2 N–H and O–H groups in total. The fourth-order valence-electron chi connectivity index (χ4n) is 0.391. The molecular weight excluding hydrogens is 136 g/mol. The van der Waals surface area contributed by atoms with Gasteiger partial charge in [-0.3, -0.25) is 4.79 Å². The van der Waals surface area contributed by atoms with Crippen LogP contribution in [0.4, 0.5) is 0 Å². The maximum atomic E-state index is 9.86. The van der Waals surface area contributed by atoms with Crippen molar-refractivity contribution in [1.82, 2.24) is 0 Å². The van der Waals surface area contributed by atoms with Crippen LogP contribution in [0.25, 0.3) is 0 Å². The highest BCUT2D eigenvalue weighted by molar-refractivity contribution is 5.79. The minimum Gasteiger partial charge on any atom is -0.481 e. The summed E-state index contributed by atoms with van der Waals surface area (Å²) in [6.45, 7) is 0. The van der Waals surface area contributed by atoms with E-state index < -0.39 is 11.9 Å². The number of carboxylic acid groups (broad SMARTS) is 2. The van der Waals surface area contributed by atoms with Gasteiger partial charge in [0.15, 0.2) is 0 Å². The monoisotopic (exact) mass is 144 g/mol. The molecule has 10 heavy (non-hydrogen) atoms. The van der Waals surface area contributed by atoms with Gasteiger partial charge in [0.05, 0.1) is 0 Å². The Bertz CT molecular complexity index is 159. The molecule has 56 valence electrons. The van der Waals surface area contributed by atoms with Crippen LogP contribution < -0.4 is 0 Å². The number of carbonyl (C=O) groups is 2. The van der Waals surface area contributed by atoms with Gasteiger partial charge in [0.2, 0.25) is 0 Å². The fourth-order valence-corrected chi connectivity index (χ4v) is 0.391. The van der Waals surface area contributed by atoms with Crippen LogP contribution in [0, 0.1) is 0 Å². The summed E-state index contributed by atoms with van der Waals surface area (Å²) in [7, 11) is 0. The molecule has 0 aliphatic rings. The minimum absolute atomic E-state index is 0.0240. The van der Waals surface area contributed by atoms with Gasteiger partial charge in [-0.05, 0) is 6.42 Å². The quantitative estimate of drug-likeness (QED) is 0.563. The van der Waals surface area contributed by atoms with E-state index in [9.17, 15) is 9.59 Å². The highest BCUT2D eigenvalue weighted by atomic mass is 16.4. The first-order valence-electron chi connectivity index (χ1n) is 2.74. The van der Waals surface area contributed by atoms with Gasteiger partial charge in [0.1, 0.15) is 0 Å². The van der Waals surface area contributed by atoms with E-state index in [-0.39, 0.29) is 12.8 Å². The van der Waals surface area contributed by atoms with Crippen LogP contribution in [0.5, 0.6) is 0 Å². The zero-order chi connectivity index (χ0) is 7.98. The molecule has 0 heterocycles. The third kappa shape index (κ3) is 6.68.